The Morgan fingerprint density at radius 3 is 2.52 bits per heavy atom. The summed E-state index contributed by atoms with van der Waals surface area (Å²) in [5.41, 5.74) is 1.33. The Balaban J connectivity index is 1.95. The molecule has 0 aromatic heterocycles. The third-order valence-corrected chi connectivity index (χ3v) is 3.26. The van der Waals surface area contributed by atoms with E-state index < -0.39 is 23.4 Å². The lowest BCUT2D eigenvalue weighted by atomic mass is 10.1. The highest BCUT2D eigenvalue weighted by Crippen LogP contribution is 2.15. The smallest absolute Gasteiger partial charge is 0.254 e. The molecule has 0 fully saturated rings. The Bertz CT molecular complexity index is 732. The fraction of sp³-hybridized carbons (Fsp3) is 0.176. The Morgan fingerprint density at radius 1 is 1.09 bits per heavy atom. The number of hydrogen-bond donors (Lipinski definition) is 2. The lowest BCUT2D eigenvalue weighted by Gasteiger charge is -2.10. The molecule has 0 spiro atoms. The molecule has 2 N–H and O–H groups in total. The van der Waals surface area contributed by atoms with Crippen LogP contribution in [0.5, 0.6) is 0 Å². The molecule has 0 atom stereocenters. The van der Waals surface area contributed by atoms with Gasteiger partial charge in [-0.25, -0.2) is 8.78 Å². The number of hydrogen-bond acceptors (Lipinski definition) is 2. The zero-order chi connectivity index (χ0) is 16.8. The number of carbonyl (C=O) groups excluding carboxylic acids is 2. The largest absolute Gasteiger partial charge is 0.343 e. The highest BCUT2D eigenvalue weighted by Gasteiger charge is 2.14. The highest BCUT2D eigenvalue weighted by atomic mass is 19.1. The summed E-state index contributed by atoms with van der Waals surface area (Å²) < 4.78 is 26.3. The van der Waals surface area contributed by atoms with Gasteiger partial charge in [0.15, 0.2) is 0 Å². The van der Waals surface area contributed by atoms with Gasteiger partial charge in [-0.15, -0.1) is 0 Å². The van der Waals surface area contributed by atoms with Crippen molar-refractivity contribution >= 4 is 17.5 Å². The van der Waals surface area contributed by atoms with Crippen molar-refractivity contribution in [2.45, 2.75) is 13.3 Å². The molecule has 0 radical (unpaired) electrons. The van der Waals surface area contributed by atoms with Gasteiger partial charge in [-0.2, -0.15) is 0 Å². The predicted molar refractivity (Wildman–Crippen MR) is 83.1 cm³/mol. The molecule has 0 aliphatic rings. The number of carbonyl (C=O) groups is 2. The molecule has 2 aromatic rings. The summed E-state index contributed by atoms with van der Waals surface area (Å²) in [7, 11) is 0. The number of anilines is 1. The molecule has 0 aliphatic heterocycles. The summed E-state index contributed by atoms with van der Waals surface area (Å²) in [5, 5.41) is 4.99. The second-order valence-corrected chi connectivity index (χ2v) is 4.87. The zero-order valence-corrected chi connectivity index (χ0v) is 12.5. The van der Waals surface area contributed by atoms with E-state index >= 15 is 0 Å². The van der Waals surface area contributed by atoms with E-state index in [1.54, 1.807) is 12.1 Å². The van der Waals surface area contributed by atoms with Gasteiger partial charge in [0.2, 0.25) is 5.91 Å². The Hall–Kier alpha value is -2.76. The molecule has 120 valence electrons. The van der Waals surface area contributed by atoms with Crippen molar-refractivity contribution in [3.8, 4) is 0 Å². The number of nitrogens with one attached hydrogen (secondary N) is 2. The van der Waals surface area contributed by atoms with Crippen LogP contribution in [0.1, 0.15) is 22.8 Å². The van der Waals surface area contributed by atoms with E-state index in [4.69, 9.17) is 0 Å². The summed E-state index contributed by atoms with van der Waals surface area (Å²) in [4.78, 5) is 23.7. The van der Waals surface area contributed by atoms with Gasteiger partial charge in [0.05, 0.1) is 12.1 Å². The molecule has 0 heterocycles. The van der Waals surface area contributed by atoms with Gasteiger partial charge in [-0.1, -0.05) is 25.1 Å². The van der Waals surface area contributed by atoms with Crippen molar-refractivity contribution in [2.24, 2.45) is 0 Å². The monoisotopic (exact) mass is 318 g/mol. The first-order chi connectivity index (χ1) is 11.0. The molecule has 0 saturated carbocycles. The Labute approximate surface area is 132 Å². The van der Waals surface area contributed by atoms with E-state index in [1.165, 1.54) is 0 Å². The minimum atomic E-state index is -0.973. The van der Waals surface area contributed by atoms with Crippen molar-refractivity contribution < 1.29 is 18.4 Å². The molecule has 2 amide bonds. The van der Waals surface area contributed by atoms with Gasteiger partial charge in [0.1, 0.15) is 11.6 Å². The molecule has 0 aliphatic carbocycles. The van der Waals surface area contributed by atoms with E-state index in [-0.39, 0.29) is 12.1 Å². The van der Waals surface area contributed by atoms with Crippen LogP contribution in [0.4, 0.5) is 14.5 Å². The van der Waals surface area contributed by atoms with Crippen LogP contribution in [0.3, 0.4) is 0 Å². The third kappa shape index (κ3) is 4.35. The van der Waals surface area contributed by atoms with Crippen LogP contribution in [-0.2, 0) is 11.2 Å². The maximum absolute atomic E-state index is 13.5. The lowest BCUT2D eigenvalue weighted by molar-refractivity contribution is -0.115. The topological polar surface area (TPSA) is 58.2 Å². The number of rotatable bonds is 5. The minimum Gasteiger partial charge on any atom is -0.343 e. The zero-order valence-electron chi connectivity index (χ0n) is 12.5. The van der Waals surface area contributed by atoms with Crippen LogP contribution in [0.25, 0.3) is 0 Å². The second kappa shape index (κ2) is 7.49. The molecule has 0 saturated heterocycles. The summed E-state index contributed by atoms with van der Waals surface area (Å²) >= 11 is 0. The first-order valence-electron chi connectivity index (χ1n) is 7.12. The summed E-state index contributed by atoms with van der Waals surface area (Å²) in [5.74, 6) is -2.95. The van der Waals surface area contributed by atoms with Crippen molar-refractivity contribution in [3.63, 3.8) is 0 Å². The molecule has 23 heavy (non-hydrogen) atoms. The predicted octanol–water partition coefficient (Wildman–Crippen LogP) is 2.90. The lowest BCUT2D eigenvalue weighted by Crippen LogP contribution is -2.33. The first-order valence-corrected chi connectivity index (χ1v) is 7.12. The van der Waals surface area contributed by atoms with Crippen LogP contribution in [-0.4, -0.2) is 18.4 Å². The summed E-state index contributed by atoms with van der Waals surface area (Å²) in [6.07, 6.45) is 0.754. The molecule has 4 nitrogen and oxygen atoms in total. The van der Waals surface area contributed by atoms with Crippen molar-refractivity contribution in [3.05, 3.63) is 65.2 Å². The summed E-state index contributed by atoms with van der Waals surface area (Å²) in [6.45, 7) is 1.65. The van der Waals surface area contributed by atoms with Crippen LogP contribution < -0.4 is 10.6 Å². The Morgan fingerprint density at radius 2 is 1.83 bits per heavy atom. The van der Waals surface area contributed by atoms with E-state index in [1.807, 2.05) is 19.1 Å². The Kier molecular flexibility index (Phi) is 5.41. The molecule has 2 rings (SSSR count). The van der Waals surface area contributed by atoms with Crippen LogP contribution in [0.15, 0.2) is 42.5 Å². The maximum Gasteiger partial charge on any atom is 0.254 e. The van der Waals surface area contributed by atoms with Gasteiger partial charge in [-0.3, -0.25) is 9.59 Å². The average molecular weight is 318 g/mol. The molecule has 2 aromatic carbocycles. The van der Waals surface area contributed by atoms with Crippen LogP contribution in [0.2, 0.25) is 0 Å². The van der Waals surface area contributed by atoms with Gasteiger partial charge in [0.25, 0.3) is 5.91 Å². The number of benzene rings is 2. The van der Waals surface area contributed by atoms with E-state index in [2.05, 4.69) is 10.6 Å². The van der Waals surface area contributed by atoms with Crippen LogP contribution in [0, 0.1) is 11.6 Å². The normalized spacial score (nSPS) is 10.2. The molecule has 6 heteroatoms. The highest BCUT2D eigenvalue weighted by molar-refractivity contribution is 5.99. The first kappa shape index (κ1) is 16.6. The molecular formula is C17H16F2N2O2. The second-order valence-electron chi connectivity index (χ2n) is 4.87. The fourth-order valence-electron chi connectivity index (χ4n) is 2.07. The number of halogens is 2. The van der Waals surface area contributed by atoms with E-state index in [9.17, 15) is 18.4 Å². The average Bonchev–Trinajstić information content (AvgIpc) is 2.53. The minimum absolute atomic E-state index is 0.312. The van der Waals surface area contributed by atoms with E-state index in [0.29, 0.717) is 11.8 Å². The standard InChI is InChI=1S/C17H16F2N2O2/c1-2-11-5-3-4-6-15(11)21-16(22)10-20-17(23)13-8-7-12(18)9-14(13)19/h3-9H,2,10H2,1H3,(H,20,23)(H,21,22). The van der Waals surface area contributed by atoms with Crippen LogP contribution >= 0.6 is 0 Å². The SMILES string of the molecule is CCc1ccccc1NC(=O)CNC(=O)c1ccc(F)cc1F. The maximum atomic E-state index is 13.5. The van der Waals surface area contributed by atoms with Gasteiger partial charge in [0, 0.05) is 11.8 Å². The van der Waals surface area contributed by atoms with Gasteiger partial charge < -0.3 is 10.6 Å². The van der Waals surface area contributed by atoms with Crippen molar-refractivity contribution in [1.29, 1.82) is 0 Å². The molecular weight excluding hydrogens is 302 g/mol. The number of amides is 2. The van der Waals surface area contributed by atoms with Gasteiger partial charge >= 0.3 is 0 Å². The fourth-order valence-corrected chi connectivity index (χ4v) is 2.07. The van der Waals surface area contributed by atoms with Gasteiger partial charge in [-0.05, 0) is 30.2 Å². The third-order valence-electron chi connectivity index (χ3n) is 3.26. The summed E-state index contributed by atoms with van der Waals surface area (Å²) in [6, 6.07) is 9.95. The number of aryl methyl sites for hydroxylation is 1. The number of para-hydroxylation sites is 1. The molecule has 0 bridgehead atoms. The molecule has 0 unspecified atom stereocenters. The van der Waals surface area contributed by atoms with Crippen molar-refractivity contribution in [1.82, 2.24) is 5.32 Å². The van der Waals surface area contributed by atoms with E-state index in [0.717, 1.165) is 24.1 Å². The van der Waals surface area contributed by atoms with Crippen molar-refractivity contribution in [2.75, 3.05) is 11.9 Å². The quantitative estimate of drug-likeness (QED) is 0.890.